The summed E-state index contributed by atoms with van der Waals surface area (Å²) in [5, 5.41) is 7.56. The molecule has 0 saturated carbocycles. The van der Waals surface area contributed by atoms with Crippen molar-refractivity contribution in [1.29, 1.82) is 0 Å². The molecule has 0 unspecified atom stereocenters. The number of aromatic nitrogens is 3. The van der Waals surface area contributed by atoms with Crippen molar-refractivity contribution >= 4 is 27.7 Å². The predicted octanol–water partition coefficient (Wildman–Crippen LogP) is 4.83. The second kappa shape index (κ2) is 8.02. The van der Waals surface area contributed by atoms with Gasteiger partial charge in [-0.3, -0.25) is 9.48 Å². The number of nitrogens with zero attached hydrogens (tertiary/aromatic N) is 4. The minimum Gasteiger partial charge on any atom is -0.497 e. The Kier molecular flexibility index (Phi) is 5.39. The Morgan fingerprint density at radius 3 is 2.55 bits per heavy atom. The molecular weight excluding hydrogens is 388 g/mol. The third-order valence-corrected chi connectivity index (χ3v) is 5.69. The molecule has 6 nitrogen and oxygen atoms in total. The highest BCUT2D eigenvalue weighted by molar-refractivity contribution is 6.06. The Balaban J connectivity index is 1.68. The van der Waals surface area contributed by atoms with Gasteiger partial charge in [-0.2, -0.15) is 5.10 Å². The number of carbonyl (C=O) groups excluding carboxylic acids is 1. The molecular formula is C25H28N4O2. The van der Waals surface area contributed by atoms with Crippen LogP contribution in [0.4, 0.5) is 0 Å². The molecule has 1 amide bonds. The minimum atomic E-state index is -0.0276. The molecule has 6 heteroatoms. The van der Waals surface area contributed by atoms with Crippen molar-refractivity contribution in [2.24, 2.45) is 7.05 Å². The van der Waals surface area contributed by atoms with E-state index in [9.17, 15) is 4.79 Å². The van der Waals surface area contributed by atoms with Crippen molar-refractivity contribution in [2.45, 2.75) is 33.2 Å². The molecule has 0 aliphatic rings. The molecule has 0 aliphatic carbocycles. The van der Waals surface area contributed by atoms with Gasteiger partial charge in [0.2, 0.25) is 0 Å². The van der Waals surface area contributed by atoms with Crippen molar-refractivity contribution in [3.8, 4) is 5.75 Å². The number of methoxy groups -OCH3 is 1. The van der Waals surface area contributed by atoms with Crippen LogP contribution in [0.15, 0.2) is 42.5 Å². The number of rotatable bonds is 5. The van der Waals surface area contributed by atoms with Crippen LogP contribution >= 0.6 is 0 Å². The van der Waals surface area contributed by atoms with Crippen LogP contribution in [0.5, 0.6) is 5.75 Å². The van der Waals surface area contributed by atoms with Gasteiger partial charge in [-0.25, -0.2) is 4.98 Å². The zero-order valence-electron chi connectivity index (χ0n) is 18.9. The van der Waals surface area contributed by atoms with Gasteiger partial charge < -0.3 is 9.64 Å². The van der Waals surface area contributed by atoms with E-state index in [1.165, 1.54) is 0 Å². The summed E-state index contributed by atoms with van der Waals surface area (Å²) in [6.07, 6.45) is 0. The highest BCUT2D eigenvalue weighted by Crippen LogP contribution is 2.27. The Bertz CT molecular complexity index is 1290. The maximum absolute atomic E-state index is 13.5. The molecule has 0 fully saturated rings. The number of ether oxygens (including phenoxy) is 1. The monoisotopic (exact) mass is 416 g/mol. The van der Waals surface area contributed by atoms with Crippen LogP contribution in [0.1, 0.15) is 47.1 Å². The molecule has 2 heterocycles. The molecule has 160 valence electrons. The van der Waals surface area contributed by atoms with E-state index in [4.69, 9.17) is 9.72 Å². The SMILES string of the molecule is COc1ccc2cc(CN(C)C(=O)c3cc(C(C)C)nc4c3c(C)nn4C)ccc2c1. The lowest BCUT2D eigenvalue weighted by atomic mass is 10.0. The maximum atomic E-state index is 13.5. The summed E-state index contributed by atoms with van der Waals surface area (Å²) in [4.78, 5) is 20.0. The lowest BCUT2D eigenvalue weighted by Crippen LogP contribution is -2.26. The highest BCUT2D eigenvalue weighted by atomic mass is 16.5. The number of aryl methyl sites for hydroxylation is 2. The topological polar surface area (TPSA) is 60.2 Å². The predicted molar refractivity (Wildman–Crippen MR) is 124 cm³/mol. The third-order valence-electron chi connectivity index (χ3n) is 5.69. The summed E-state index contributed by atoms with van der Waals surface area (Å²) in [5.74, 6) is 1.02. The Morgan fingerprint density at radius 2 is 1.84 bits per heavy atom. The van der Waals surface area contributed by atoms with Crippen LogP contribution < -0.4 is 4.74 Å². The van der Waals surface area contributed by atoms with Crippen LogP contribution in [0.25, 0.3) is 21.8 Å². The first kappa shape index (κ1) is 20.8. The maximum Gasteiger partial charge on any atom is 0.254 e. The second-order valence-electron chi connectivity index (χ2n) is 8.37. The first-order valence-corrected chi connectivity index (χ1v) is 10.4. The lowest BCUT2D eigenvalue weighted by Gasteiger charge is -2.19. The van der Waals surface area contributed by atoms with Crippen LogP contribution in [0.3, 0.4) is 0 Å². The summed E-state index contributed by atoms with van der Waals surface area (Å²) in [5.41, 5.74) is 4.20. The van der Waals surface area contributed by atoms with Gasteiger partial charge in [-0.05, 0) is 53.4 Å². The average Bonchev–Trinajstić information content (AvgIpc) is 3.05. The van der Waals surface area contributed by atoms with Crippen LogP contribution in [0, 0.1) is 6.92 Å². The van der Waals surface area contributed by atoms with E-state index >= 15 is 0 Å². The van der Waals surface area contributed by atoms with Gasteiger partial charge in [0.1, 0.15) is 5.75 Å². The van der Waals surface area contributed by atoms with Crippen LogP contribution in [-0.2, 0) is 13.6 Å². The third kappa shape index (κ3) is 3.85. The molecule has 0 saturated heterocycles. The van der Waals surface area contributed by atoms with Crippen molar-refractivity contribution < 1.29 is 9.53 Å². The van der Waals surface area contributed by atoms with E-state index in [0.717, 1.165) is 44.5 Å². The lowest BCUT2D eigenvalue weighted by molar-refractivity contribution is 0.0787. The van der Waals surface area contributed by atoms with Gasteiger partial charge >= 0.3 is 0 Å². The largest absolute Gasteiger partial charge is 0.497 e. The molecule has 0 radical (unpaired) electrons. The van der Waals surface area contributed by atoms with E-state index in [2.05, 4.69) is 37.1 Å². The van der Waals surface area contributed by atoms with Crippen molar-refractivity contribution in [1.82, 2.24) is 19.7 Å². The summed E-state index contributed by atoms with van der Waals surface area (Å²) in [6.45, 7) is 6.60. The molecule has 0 atom stereocenters. The fraction of sp³-hybridized carbons (Fsp3) is 0.320. The van der Waals surface area contributed by atoms with Crippen LogP contribution in [-0.4, -0.2) is 39.7 Å². The average molecular weight is 417 g/mol. The van der Waals surface area contributed by atoms with Gasteiger partial charge in [0.05, 0.1) is 23.8 Å². The fourth-order valence-corrected chi connectivity index (χ4v) is 3.98. The normalized spacial score (nSPS) is 11.5. The van der Waals surface area contributed by atoms with E-state index in [0.29, 0.717) is 12.1 Å². The molecule has 2 aromatic carbocycles. The summed E-state index contributed by atoms with van der Waals surface area (Å²) in [6, 6.07) is 14.2. The highest BCUT2D eigenvalue weighted by Gasteiger charge is 2.22. The molecule has 0 spiro atoms. The van der Waals surface area contributed by atoms with Crippen LogP contribution in [0.2, 0.25) is 0 Å². The molecule has 31 heavy (non-hydrogen) atoms. The number of benzene rings is 2. The first-order valence-electron chi connectivity index (χ1n) is 10.4. The molecule has 0 aliphatic heterocycles. The Labute approximate surface area is 182 Å². The van der Waals surface area contributed by atoms with Crippen molar-refractivity contribution in [2.75, 3.05) is 14.2 Å². The van der Waals surface area contributed by atoms with E-state index < -0.39 is 0 Å². The van der Waals surface area contributed by atoms with Gasteiger partial charge in [0.15, 0.2) is 5.65 Å². The summed E-state index contributed by atoms with van der Waals surface area (Å²) >= 11 is 0. The Hall–Kier alpha value is -3.41. The number of amides is 1. The van der Waals surface area contributed by atoms with Crippen molar-refractivity contribution in [3.05, 3.63) is 65.0 Å². The second-order valence-corrected chi connectivity index (χ2v) is 8.37. The molecule has 2 aromatic heterocycles. The minimum absolute atomic E-state index is 0.0276. The standard InChI is InChI=1S/C25H28N4O2/c1-15(2)22-13-21(23-16(3)27-29(5)24(23)26-22)25(30)28(4)14-17-7-8-19-12-20(31-6)10-9-18(19)11-17/h7-13,15H,14H2,1-6H3. The van der Waals surface area contributed by atoms with Crippen molar-refractivity contribution in [3.63, 3.8) is 0 Å². The van der Waals surface area contributed by atoms with E-state index in [-0.39, 0.29) is 11.8 Å². The number of carbonyl (C=O) groups is 1. The van der Waals surface area contributed by atoms with Gasteiger partial charge in [0.25, 0.3) is 5.91 Å². The van der Waals surface area contributed by atoms with Gasteiger partial charge in [-0.1, -0.05) is 32.0 Å². The molecule has 4 rings (SSSR count). The number of hydrogen-bond acceptors (Lipinski definition) is 4. The Morgan fingerprint density at radius 1 is 1.13 bits per heavy atom. The van der Waals surface area contributed by atoms with Gasteiger partial charge in [-0.15, -0.1) is 0 Å². The number of pyridine rings is 1. The molecule has 4 aromatic rings. The molecule has 0 bridgehead atoms. The van der Waals surface area contributed by atoms with E-state index in [1.54, 1.807) is 16.7 Å². The zero-order valence-corrected chi connectivity index (χ0v) is 18.9. The number of fused-ring (bicyclic) bond motifs is 2. The van der Waals surface area contributed by atoms with Gasteiger partial charge in [0, 0.05) is 26.3 Å². The first-order chi connectivity index (χ1) is 14.8. The molecule has 0 N–H and O–H groups in total. The summed E-state index contributed by atoms with van der Waals surface area (Å²) < 4.78 is 7.06. The fourth-order valence-electron chi connectivity index (χ4n) is 3.98. The summed E-state index contributed by atoms with van der Waals surface area (Å²) in [7, 11) is 5.38. The smallest absolute Gasteiger partial charge is 0.254 e. The quantitative estimate of drug-likeness (QED) is 0.467. The zero-order chi connectivity index (χ0) is 22.3. The van der Waals surface area contributed by atoms with E-state index in [1.807, 2.05) is 45.3 Å². The number of hydrogen-bond donors (Lipinski definition) is 0.